The van der Waals surface area contributed by atoms with E-state index in [9.17, 15) is 18.0 Å². The van der Waals surface area contributed by atoms with E-state index < -0.39 is 25.2 Å². The summed E-state index contributed by atoms with van der Waals surface area (Å²) in [6, 6.07) is 6.27. The molecule has 0 bridgehead atoms. The minimum absolute atomic E-state index is 0.0451. The number of nitrogens with two attached hydrogens (primary N) is 1. The number of anilines is 1. The van der Waals surface area contributed by atoms with Crippen LogP contribution in [0.3, 0.4) is 0 Å². The number of rotatable bonds is 6. The predicted octanol–water partition coefficient (Wildman–Crippen LogP) is 2.45. The highest BCUT2D eigenvalue weighted by Crippen LogP contribution is 2.17. The third-order valence-electron chi connectivity index (χ3n) is 2.46. The molecule has 7 heteroatoms. The highest BCUT2D eigenvalue weighted by Gasteiger charge is 2.32. The molecular formula is C13H17F3N2O2. The minimum Gasteiger partial charge on any atom is -0.484 e. The van der Waals surface area contributed by atoms with Gasteiger partial charge in [0.05, 0.1) is 0 Å². The lowest BCUT2D eigenvalue weighted by atomic mass is 10.3. The van der Waals surface area contributed by atoms with Crippen LogP contribution in [0.15, 0.2) is 24.3 Å². The molecule has 1 aromatic carbocycles. The number of ether oxygens (including phenoxy) is 1. The molecule has 0 spiro atoms. The normalized spacial score (nSPS) is 11.2. The number of hydrogen-bond donors (Lipinski definition) is 1. The molecule has 0 radical (unpaired) electrons. The largest absolute Gasteiger partial charge is 0.484 e. The summed E-state index contributed by atoms with van der Waals surface area (Å²) < 4.78 is 42.2. The van der Waals surface area contributed by atoms with E-state index in [4.69, 9.17) is 10.5 Å². The molecule has 0 aromatic heterocycles. The van der Waals surface area contributed by atoms with E-state index >= 15 is 0 Å². The van der Waals surface area contributed by atoms with Crippen molar-refractivity contribution in [2.75, 3.05) is 25.4 Å². The van der Waals surface area contributed by atoms with Crippen molar-refractivity contribution in [1.82, 2.24) is 4.90 Å². The van der Waals surface area contributed by atoms with Gasteiger partial charge in [-0.05, 0) is 30.7 Å². The number of nitrogens with zero attached hydrogens (tertiary/aromatic N) is 1. The van der Waals surface area contributed by atoms with Gasteiger partial charge in [-0.3, -0.25) is 4.79 Å². The van der Waals surface area contributed by atoms with E-state index in [0.29, 0.717) is 17.9 Å². The van der Waals surface area contributed by atoms with Gasteiger partial charge in [0.2, 0.25) is 0 Å². The van der Waals surface area contributed by atoms with Gasteiger partial charge in [-0.25, -0.2) is 0 Å². The van der Waals surface area contributed by atoms with Crippen LogP contribution in [0.25, 0.3) is 0 Å². The van der Waals surface area contributed by atoms with Crippen LogP contribution in [0.5, 0.6) is 5.75 Å². The Bertz CT molecular complexity index is 432. The monoisotopic (exact) mass is 290 g/mol. The number of carbonyl (C=O) groups excluding carboxylic acids is 1. The second-order valence-corrected chi connectivity index (χ2v) is 4.29. The van der Waals surface area contributed by atoms with Crippen LogP contribution in [-0.2, 0) is 4.79 Å². The highest BCUT2D eigenvalue weighted by molar-refractivity contribution is 5.77. The average Bonchev–Trinajstić information content (AvgIpc) is 2.35. The summed E-state index contributed by atoms with van der Waals surface area (Å²) >= 11 is 0. The molecule has 0 saturated heterocycles. The van der Waals surface area contributed by atoms with Crippen molar-refractivity contribution < 1.29 is 22.7 Å². The smallest absolute Gasteiger partial charge is 0.406 e. The molecule has 0 unspecified atom stereocenters. The number of halogens is 3. The number of benzene rings is 1. The molecule has 0 aliphatic heterocycles. The summed E-state index contributed by atoms with van der Waals surface area (Å²) in [6.45, 7) is 0.0612. The van der Waals surface area contributed by atoms with Crippen molar-refractivity contribution >= 4 is 11.6 Å². The fraction of sp³-hybridized carbons (Fsp3) is 0.462. The Morgan fingerprint density at radius 3 is 2.40 bits per heavy atom. The van der Waals surface area contributed by atoms with Crippen molar-refractivity contribution in [2.24, 2.45) is 0 Å². The first-order valence-electron chi connectivity index (χ1n) is 6.14. The Kier molecular flexibility index (Phi) is 5.66. The van der Waals surface area contributed by atoms with E-state index in [1.165, 1.54) is 0 Å². The van der Waals surface area contributed by atoms with Gasteiger partial charge >= 0.3 is 6.18 Å². The second kappa shape index (κ2) is 7.02. The van der Waals surface area contributed by atoms with Gasteiger partial charge < -0.3 is 15.4 Å². The first kappa shape index (κ1) is 16.1. The number of nitrogen functional groups attached to an aromatic ring is 1. The van der Waals surface area contributed by atoms with E-state index in [-0.39, 0.29) is 6.54 Å². The predicted molar refractivity (Wildman–Crippen MR) is 69.3 cm³/mol. The van der Waals surface area contributed by atoms with Crippen LogP contribution in [0, 0.1) is 0 Å². The molecule has 4 nitrogen and oxygen atoms in total. The molecule has 1 aromatic rings. The van der Waals surface area contributed by atoms with Gasteiger partial charge in [0, 0.05) is 12.2 Å². The van der Waals surface area contributed by atoms with Gasteiger partial charge in [-0.15, -0.1) is 0 Å². The zero-order chi connectivity index (χ0) is 15.2. The van der Waals surface area contributed by atoms with Crippen LogP contribution >= 0.6 is 0 Å². The van der Waals surface area contributed by atoms with E-state index in [1.54, 1.807) is 31.2 Å². The zero-order valence-corrected chi connectivity index (χ0v) is 11.1. The lowest BCUT2D eigenvalue weighted by Gasteiger charge is -2.23. The summed E-state index contributed by atoms with van der Waals surface area (Å²) in [4.78, 5) is 12.5. The number of hydrogen-bond acceptors (Lipinski definition) is 3. The molecule has 1 rings (SSSR count). The van der Waals surface area contributed by atoms with Crippen LogP contribution < -0.4 is 10.5 Å². The molecule has 2 N–H and O–H groups in total. The second-order valence-electron chi connectivity index (χ2n) is 4.29. The van der Waals surface area contributed by atoms with Crippen molar-refractivity contribution in [3.63, 3.8) is 0 Å². The molecule has 0 heterocycles. The Balaban J connectivity index is 2.55. The summed E-state index contributed by atoms with van der Waals surface area (Å²) in [5, 5.41) is 0. The topological polar surface area (TPSA) is 55.6 Å². The van der Waals surface area contributed by atoms with Crippen molar-refractivity contribution in [1.29, 1.82) is 0 Å². The van der Waals surface area contributed by atoms with Crippen LogP contribution in [-0.4, -0.2) is 36.7 Å². The highest BCUT2D eigenvalue weighted by atomic mass is 19.4. The quantitative estimate of drug-likeness (QED) is 0.819. The first-order valence-corrected chi connectivity index (χ1v) is 6.14. The van der Waals surface area contributed by atoms with E-state index in [0.717, 1.165) is 4.90 Å². The molecule has 0 aliphatic carbocycles. The minimum atomic E-state index is -4.41. The molecule has 20 heavy (non-hydrogen) atoms. The van der Waals surface area contributed by atoms with Crippen LogP contribution in [0.4, 0.5) is 18.9 Å². The maximum Gasteiger partial charge on any atom is 0.406 e. The van der Waals surface area contributed by atoms with Gasteiger partial charge in [0.1, 0.15) is 12.3 Å². The SMILES string of the molecule is CCCN(CC(F)(F)F)C(=O)COc1ccc(N)cc1. The fourth-order valence-corrected chi connectivity index (χ4v) is 1.58. The molecule has 112 valence electrons. The van der Waals surface area contributed by atoms with Gasteiger partial charge in [0.15, 0.2) is 6.61 Å². The third kappa shape index (κ3) is 5.81. The van der Waals surface area contributed by atoms with Crippen LogP contribution in [0.1, 0.15) is 13.3 Å². The van der Waals surface area contributed by atoms with E-state index in [1.807, 2.05) is 0 Å². The van der Waals surface area contributed by atoms with Crippen LogP contribution in [0.2, 0.25) is 0 Å². The Morgan fingerprint density at radius 2 is 1.90 bits per heavy atom. The average molecular weight is 290 g/mol. The third-order valence-corrected chi connectivity index (χ3v) is 2.46. The Labute approximate surface area is 115 Å². The molecule has 0 saturated carbocycles. The van der Waals surface area contributed by atoms with Gasteiger partial charge in [-0.1, -0.05) is 6.92 Å². The zero-order valence-electron chi connectivity index (χ0n) is 11.1. The molecule has 0 atom stereocenters. The van der Waals surface area contributed by atoms with Crippen molar-refractivity contribution in [3.8, 4) is 5.75 Å². The molecule has 0 aliphatic rings. The standard InChI is InChI=1S/C13H17F3N2O2/c1-2-7-18(9-13(14,15)16)12(19)8-20-11-5-3-10(17)4-6-11/h3-6H,2,7-9,17H2,1H3. The lowest BCUT2D eigenvalue weighted by Crippen LogP contribution is -2.41. The fourth-order valence-electron chi connectivity index (χ4n) is 1.58. The number of amides is 1. The Hall–Kier alpha value is -1.92. The summed E-state index contributed by atoms with van der Waals surface area (Å²) in [5.41, 5.74) is 6.02. The molecule has 0 fully saturated rings. The maximum absolute atomic E-state index is 12.3. The Morgan fingerprint density at radius 1 is 1.30 bits per heavy atom. The van der Waals surface area contributed by atoms with Crippen molar-refractivity contribution in [3.05, 3.63) is 24.3 Å². The van der Waals surface area contributed by atoms with Gasteiger partial charge in [0.25, 0.3) is 5.91 Å². The van der Waals surface area contributed by atoms with E-state index in [2.05, 4.69) is 0 Å². The summed E-state index contributed by atoms with van der Waals surface area (Å²) in [5.74, 6) is -0.308. The summed E-state index contributed by atoms with van der Waals surface area (Å²) in [7, 11) is 0. The lowest BCUT2D eigenvalue weighted by molar-refractivity contribution is -0.162. The van der Waals surface area contributed by atoms with Gasteiger partial charge in [-0.2, -0.15) is 13.2 Å². The van der Waals surface area contributed by atoms with Crippen molar-refractivity contribution in [2.45, 2.75) is 19.5 Å². The summed E-state index contributed by atoms with van der Waals surface area (Å²) in [6.07, 6.45) is -3.96. The number of alkyl halides is 3. The molecule has 1 amide bonds. The maximum atomic E-state index is 12.3. The molecular weight excluding hydrogens is 273 g/mol. The first-order chi connectivity index (χ1) is 9.31. The number of carbonyl (C=O) groups is 1.